The number of amides is 1. The van der Waals surface area contributed by atoms with Gasteiger partial charge in [0.25, 0.3) is 0 Å². The maximum atomic E-state index is 12.7. The van der Waals surface area contributed by atoms with Crippen molar-refractivity contribution in [3.05, 3.63) is 24.7 Å². The summed E-state index contributed by atoms with van der Waals surface area (Å²) in [7, 11) is 1.24. The molecule has 1 saturated heterocycles. The molecule has 1 aromatic heterocycles. The van der Waals surface area contributed by atoms with Crippen molar-refractivity contribution in [2.45, 2.75) is 32.1 Å². The van der Waals surface area contributed by atoms with Gasteiger partial charge in [-0.05, 0) is 13.8 Å². The average Bonchev–Trinajstić information content (AvgIpc) is 3.24. The Labute approximate surface area is 183 Å². The molecule has 1 aliphatic heterocycles. The molecule has 1 atom stereocenters. The van der Waals surface area contributed by atoms with E-state index in [4.69, 9.17) is 9.47 Å². The molecule has 1 aromatic rings. The van der Waals surface area contributed by atoms with Gasteiger partial charge in [-0.1, -0.05) is 17.8 Å². The molecule has 0 aliphatic carbocycles. The van der Waals surface area contributed by atoms with Crippen LogP contribution in [0.3, 0.4) is 0 Å². The number of ether oxygens (including phenoxy) is 3. The molecule has 1 amide bonds. The van der Waals surface area contributed by atoms with Gasteiger partial charge in [-0.25, -0.2) is 14.8 Å². The third kappa shape index (κ3) is 5.94. The van der Waals surface area contributed by atoms with Gasteiger partial charge in [0.15, 0.2) is 16.7 Å². The molecule has 0 spiro atoms. The van der Waals surface area contributed by atoms with E-state index in [-0.39, 0.29) is 55.3 Å². The molecule has 11 nitrogen and oxygen atoms in total. The van der Waals surface area contributed by atoms with E-state index < -0.39 is 23.2 Å². The number of methoxy groups -OCH3 is 1. The summed E-state index contributed by atoms with van der Waals surface area (Å²) in [4.78, 5) is 58.5. The molecular weight excluding hydrogens is 428 g/mol. The lowest BCUT2D eigenvalue weighted by atomic mass is 10.2. The first-order valence-corrected chi connectivity index (χ1v) is 10.4. The summed E-state index contributed by atoms with van der Waals surface area (Å²) in [6, 6.07) is 0. The highest BCUT2D eigenvalue weighted by Gasteiger charge is 2.39. The van der Waals surface area contributed by atoms with E-state index in [1.807, 2.05) is 0 Å². The molecule has 0 radical (unpaired) electrons. The highest BCUT2D eigenvalue weighted by molar-refractivity contribution is 8.15. The van der Waals surface area contributed by atoms with Crippen LogP contribution in [0.4, 0.5) is 5.82 Å². The highest BCUT2D eigenvalue weighted by Crippen LogP contribution is 2.32. The summed E-state index contributed by atoms with van der Waals surface area (Å²) in [5, 5.41) is -0.482. The first-order valence-electron chi connectivity index (χ1n) is 9.48. The Bertz CT molecular complexity index is 896. The zero-order valence-corrected chi connectivity index (χ0v) is 18.3. The number of esters is 3. The Kier molecular flexibility index (Phi) is 8.79. The predicted molar refractivity (Wildman–Crippen MR) is 112 cm³/mol. The van der Waals surface area contributed by atoms with Gasteiger partial charge in [0.05, 0.1) is 33.1 Å². The van der Waals surface area contributed by atoms with Crippen molar-refractivity contribution >= 4 is 46.6 Å². The lowest BCUT2D eigenvalue weighted by Crippen LogP contribution is -2.33. The second-order valence-electron chi connectivity index (χ2n) is 6.09. The second-order valence-corrected chi connectivity index (χ2v) is 7.26. The van der Waals surface area contributed by atoms with Crippen molar-refractivity contribution in [2.24, 2.45) is 4.99 Å². The minimum Gasteiger partial charge on any atom is -0.469 e. The van der Waals surface area contributed by atoms with E-state index in [1.54, 1.807) is 13.8 Å². The number of aromatic nitrogens is 2. The lowest BCUT2D eigenvalue weighted by Gasteiger charge is -2.13. The van der Waals surface area contributed by atoms with Gasteiger partial charge in [-0.3, -0.25) is 19.3 Å². The summed E-state index contributed by atoms with van der Waals surface area (Å²) < 4.78 is 15.9. The van der Waals surface area contributed by atoms with Crippen molar-refractivity contribution in [1.82, 2.24) is 14.5 Å². The Morgan fingerprint density at radius 1 is 1.26 bits per heavy atom. The maximum Gasteiger partial charge on any atom is 0.358 e. The van der Waals surface area contributed by atoms with Crippen molar-refractivity contribution < 1.29 is 33.4 Å². The number of carbonyl (C=O) groups excluding carboxylic acids is 4. The Morgan fingerprint density at radius 2 is 1.97 bits per heavy atom. The molecule has 2 rings (SSSR count). The third-order valence-electron chi connectivity index (χ3n) is 4.00. The van der Waals surface area contributed by atoms with E-state index in [2.05, 4.69) is 21.3 Å². The van der Waals surface area contributed by atoms with Crippen LogP contribution in [0.5, 0.6) is 0 Å². The van der Waals surface area contributed by atoms with Gasteiger partial charge in [0.2, 0.25) is 5.91 Å². The van der Waals surface area contributed by atoms with Crippen LogP contribution >= 0.6 is 11.8 Å². The van der Waals surface area contributed by atoms with Crippen molar-refractivity contribution in [2.75, 3.05) is 26.9 Å². The Hall–Kier alpha value is -3.15. The summed E-state index contributed by atoms with van der Waals surface area (Å²) >= 11 is 1.06. The molecule has 0 bridgehead atoms. The van der Waals surface area contributed by atoms with Crippen LogP contribution < -0.4 is 0 Å². The van der Waals surface area contributed by atoms with Gasteiger partial charge in [0.1, 0.15) is 11.8 Å². The number of hydrogen-bond donors (Lipinski definition) is 0. The van der Waals surface area contributed by atoms with Crippen LogP contribution in [0, 0.1) is 0 Å². The van der Waals surface area contributed by atoms with Gasteiger partial charge in [-0.2, -0.15) is 0 Å². The van der Waals surface area contributed by atoms with Crippen molar-refractivity contribution in [3.63, 3.8) is 0 Å². The summed E-state index contributed by atoms with van der Waals surface area (Å²) in [5.74, 6) is -2.17. The third-order valence-corrected chi connectivity index (χ3v) is 5.18. The largest absolute Gasteiger partial charge is 0.469 e. The first kappa shape index (κ1) is 24.1. The monoisotopic (exact) mass is 452 g/mol. The minimum absolute atomic E-state index is 0.0224. The number of carbonyl (C=O) groups is 4. The molecular formula is C19H24N4O7S. The number of amidine groups is 1. The minimum atomic E-state index is -0.723. The lowest BCUT2D eigenvalue weighted by molar-refractivity contribution is -0.144. The summed E-state index contributed by atoms with van der Waals surface area (Å²) in [5.41, 5.74) is -0.0505. The van der Waals surface area contributed by atoms with E-state index in [9.17, 15) is 19.2 Å². The molecule has 12 heteroatoms. The average molecular weight is 452 g/mol. The Morgan fingerprint density at radius 3 is 2.58 bits per heavy atom. The zero-order chi connectivity index (χ0) is 23.0. The van der Waals surface area contributed by atoms with E-state index in [0.717, 1.165) is 11.8 Å². The van der Waals surface area contributed by atoms with E-state index in [0.29, 0.717) is 0 Å². The van der Waals surface area contributed by atoms with Crippen LogP contribution in [0.2, 0.25) is 0 Å². The maximum absolute atomic E-state index is 12.7. The van der Waals surface area contributed by atoms with E-state index >= 15 is 0 Å². The van der Waals surface area contributed by atoms with Gasteiger partial charge >= 0.3 is 17.9 Å². The van der Waals surface area contributed by atoms with Gasteiger partial charge < -0.3 is 18.8 Å². The topological polar surface area (TPSA) is 129 Å². The number of nitrogens with zero attached hydrogens (tertiary/aromatic N) is 4. The van der Waals surface area contributed by atoms with Crippen LogP contribution in [0.1, 0.15) is 30.8 Å². The number of rotatable bonds is 10. The number of hydrogen-bond acceptors (Lipinski definition) is 10. The van der Waals surface area contributed by atoms with Crippen LogP contribution in [-0.4, -0.2) is 75.6 Å². The fourth-order valence-corrected chi connectivity index (χ4v) is 3.81. The second kappa shape index (κ2) is 11.3. The van der Waals surface area contributed by atoms with Crippen LogP contribution in [-0.2, 0) is 35.1 Å². The molecule has 0 aromatic carbocycles. The molecule has 31 heavy (non-hydrogen) atoms. The number of imidazole rings is 1. The van der Waals surface area contributed by atoms with Crippen molar-refractivity contribution in [1.29, 1.82) is 0 Å². The summed E-state index contributed by atoms with van der Waals surface area (Å²) in [6.07, 6.45) is 2.66. The van der Waals surface area contributed by atoms with Gasteiger partial charge in [-0.15, -0.1) is 6.58 Å². The van der Waals surface area contributed by atoms with E-state index in [1.165, 1.54) is 29.0 Å². The normalized spacial score (nSPS) is 17.0. The fraction of sp³-hybridized carbons (Fsp3) is 0.474. The smallest absolute Gasteiger partial charge is 0.358 e. The number of thioether (sulfide) groups is 1. The van der Waals surface area contributed by atoms with Gasteiger partial charge in [0, 0.05) is 6.54 Å². The van der Waals surface area contributed by atoms with Crippen molar-refractivity contribution in [3.8, 4) is 0 Å². The molecule has 0 unspecified atom stereocenters. The quantitative estimate of drug-likeness (QED) is 0.293. The SMILES string of the molecule is C=CCN1C(=O)[C@H](CC(=O)OC)SC1=Nc1ncn(CC(=O)OCC)c1C(=O)OCC. The highest BCUT2D eigenvalue weighted by atomic mass is 32.2. The molecule has 1 aliphatic rings. The fourth-order valence-electron chi connectivity index (χ4n) is 2.67. The van der Waals surface area contributed by atoms with Crippen LogP contribution in [0.15, 0.2) is 24.0 Å². The standard InChI is InChI=1S/C19H24N4O7S/c1-5-8-23-17(26)12(9-13(24)28-4)31-19(23)21-16-15(18(27)30-7-3)22(11-20-16)10-14(25)29-6-2/h5,11-12H,1,6-10H2,2-4H3/t12-/m0/s1. The number of aliphatic imine (C=N–C) groups is 1. The molecule has 168 valence electrons. The molecule has 0 saturated carbocycles. The molecule has 1 fully saturated rings. The molecule has 0 N–H and O–H groups in total. The molecule has 2 heterocycles. The first-order chi connectivity index (χ1) is 14.9. The zero-order valence-electron chi connectivity index (χ0n) is 17.5. The summed E-state index contributed by atoms with van der Waals surface area (Å²) in [6.45, 7) is 7.14. The Balaban J connectivity index is 2.42. The predicted octanol–water partition coefficient (Wildman–Crippen LogP) is 1.30. The van der Waals surface area contributed by atoms with Crippen LogP contribution in [0.25, 0.3) is 0 Å².